The van der Waals surface area contributed by atoms with Crippen molar-refractivity contribution >= 4 is 15.9 Å². The molecular formula is C16H20N2O3S. The van der Waals surface area contributed by atoms with E-state index in [-0.39, 0.29) is 12.5 Å². The van der Waals surface area contributed by atoms with Gasteiger partial charge in [0.25, 0.3) is 0 Å². The Balaban J connectivity index is 1.95. The van der Waals surface area contributed by atoms with Crippen LogP contribution >= 0.6 is 0 Å². The third-order valence-corrected chi connectivity index (χ3v) is 5.57. The lowest BCUT2D eigenvalue weighted by atomic mass is 10.1. The summed E-state index contributed by atoms with van der Waals surface area (Å²) in [6.45, 7) is 1.42. The summed E-state index contributed by atoms with van der Waals surface area (Å²) in [5.41, 5.74) is 0.927. The first-order valence-electron chi connectivity index (χ1n) is 7.33. The number of amides is 1. The van der Waals surface area contributed by atoms with Crippen LogP contribution in [0.15, 0.2) is 29.2 Å². The summed E-state index contributed by atoms with van der Waals surface area (Å²) in [5, 5.41) is 2.60. The molecule has 0 bridgehead atoms. The van der Waals surface area contributed by atoms with Crippen LogP contribution in [0.3, 0.4) is 0 Å². The molecule has 1 fully saturated rings. The Morgan fingerprint density at radius 2 is 1.86 bits per heavy atom. The lowest BCUT2D eigenvalue weighted by Gasteiger charge is -2.15. The van der Waals surface area contributed by atoms with Crippen molar-refractivity contribution in [3.8, 4) is 12.3 Å². The number of sulfonamides is 1. The normalized spacial score (nSPS) is 15.4. The van der Waals surface area contributed by atoms with Gasteiger partial charge in [0.05, 0.1) is 11.4 Å². The molecule has 1 aromatic rings. The minimum absolute atomic E-state index is 0.105. The van der Waals surface area contributed by atoms with Crippen LogP contribution in [0.1, 0.15) is 24.8 Å². The summed E-state index contributed by atoms with van der Waals surface area (Å²) >= 11 is 0. The first-order chi connectivity index (χ1) is 10.5. The molecule has 0 atom stereocenters. The molecule has 2 rings (SSSR count). The second-order valence-electron chi connectivity index (χ2n) is 5.24. The van der Waals surface area contributed by atoms with Crippen molar-refractivity contribution in [1.29, 1.82) is 0 Å². The van der Waals surface area contributed by atoms with E-state index in [1.807, 2.05) is 0 Å². The zero-order chi connectivity index (χ0) is 16.0. The van der Waals surface area contributed by atoms with Gasteiger partial charge in [-0.15, -0.1) is 6.42 Å². The molecule has 0 unspecified atom stereocenters. The maximum atomic E-state index is 12.4. The number of nitrogens with zero attached hydrogens (tertiary/aromatic N) is 1. The van der Waals surface area contributed by atoms with Gasteiger partial charge in [-0.3, -0.25) is 4.79 Å². The predicted molar refractivity (Wildman–Crippen MR) is 84.6 cm³/mol. The number of hydrogen-bond donors (Lipinski definition) is 1. The van der Waals surface area contributed by atoms with Gasteiger partial charge >= 0.3 is 0 Å². The van der Waals surface area contributed by atoms with E-state index in [2.05, 4.69) is 11.2 Å². The third kappa shape index (κ3) is 4.09. The molecule has 0 aromatic heterocycles. The van der Waals surface area contributed by atoms with Crippen molar-refractivity contribution < 1.29 is 13.2 Å². The molecule has 6 heteroatoms. The molecule has 5 nitrogen and oxygen atoms in total. The van der Waals surface area contributed by atoms with Crippen molar-refractivity contribution in [2.75, 3.05) is 19.6 Å². The number of terminal acetylenes is 1. The van der Waals surface area contributed by atoms with Crippen molar-refractivity contribution in [2.24, 2.45) is 0 Å². The second-order valence-corrected chi connectivity index (χ2v) is 7.17. The van der Waals surface area contributed by atoms with Crippen LogP contribution in [0.25, 0.3) is 0 Å². The first-order valence-corrected chi connectivity index (χ1v) is 8.77. The van der Waals surface area contributed by atoms with Crippen LogP contribution in [-0.2, 0) is 21.2 Å². The van der Waals surface area contributed by atoms with Crippen molar-refractivity contribution in [2.45, 2.75) is 30.6 Å². The van der Waals surface area contributed by atoms with Gasteiger partial charge in [0.2, 0.25) is 15.9 Å². The van der Waals surface area contributed by atoms with Crippen molar-refractivity contribution in [3.05, 3.63) is 29.8 Å². The van der Waals surface area contributed by atoms with Gasteiger partial charge in [-0.1, -0.05) is 18.1 Å². The van der Waals surface area contributed by atoms with Gasteiger partial charge in [0.1, 0.15) is 0 Å². The van der Waals surface area contributed by atoms with E-state index in [4.69, 9.17) is 6.42 Å². The fraction of sp³-hybridized carbons (Fsp3) is 0.438. The highest BCUT2D eigenvalue weighted by atomic mass is 32.2. The van der Waals surface area contributed by atoms with Gasteiger partial charge < -0.3 is 5.32 Å². The quantitative estimate of drug-likeness (QED) is 0.800. The van der Waals surface area contributed by atoms with Gasteiger partial charge in [-0.2, -0.15) is 4.31 Å². The van der Waals surface area contributed by atoms with Crippen molar-refractivity contribution in [3.63, 3.8) is 0 Å². The maximum absolute atomic E-state index is 12.4. The average molecular weight is 320 g/mol. The Morgan fingerprint density at radius 1 is 1.23 bits per heavy atom. The van der Waals surface area contributed by atoms with Gasteiger partial charge in [-0.25, -0.2) is 8.42 Å². The Bertz CT molecular complexity index is 654. The molecule has 0 aliphatic carbocycles. The van der Waals surface area contributed by atoms with Crippen LogP contribution in [0.4, 0.5) is 0 Å². The summed E-state index contributed by atoms with van der Waals surface area (Å²) in [6.07, 6.45) is 7.80. The molecule has 1 saturated heterocycles. The largest absolute Gasteiger partial charge is 0.345 e. The Morgan fingerprint density at radius 3 is 2.45 bits per heavy atom. The lowest BCUT2D eigenvalue weighted by Crippen LogP contribution is -2.27. The van der Waals surface area contributed by atoms with Crippen molar-refractivity contribution in [1.82, 2.24) is 9.62 Å². The SMILES string of the molecule is C#CCNC(=O)CCc1ccc(S(=O)(=O)N2CCCC2)cc1. The van der Waals surface area contributed by atoms with E-state index < -0.39 is 10.0 Å². The zero-order valence-electron chi connectivity index (χ0n) is 12.4. The second kappa shape index (κ2) is 7.43. The average Bonchev–Trinajstić information content (AvgIpc) is 3.06. The fourth-order valence-corrected chi connectivity index (χ4v) is 3.92. The Labute approximate surface area is 131 Å². The van der Waals surface area contributed by atoms with Crippen LogP contribution in [-0.4, -0.2) is 38.3 Å². The van der Waals surface area contributed by atoms with E-state index in [1.165, 1.54) is 4.31 Å². The Kier molecular flexibility index (Phi) is 5.58. The topological polar surface area (TPSA) is 66.5 Å². The molecule has 1 aliphatic rings. The van der Waals surface area contributed by atoms with E-state index >= 15 is 0 Å². The van der Waals surface area contributed by atoms with Crippen LogP contribution in [0.5, 0.6) is 0 Å². The molecule has 1 N–H and O–H groups in total. The highest BCUT2D eigenvalue weighted by Gasteiger charge is 2.26. The fourth-order valence-electron chi connectivity index (χ4n) is 2.40. The number of benzene rings is 1. The molecule has 1 heterocycles. The third-order valence-electron chi connectivity index (χ3n) is 3.65. The van der Waals surface area contributed by atoms with Gasteiger partial charge in [0, 0.05) is 19.5 Å². The standard InChI is InChI=1S/C16H20N2O3S/c1-2-11-17-16(19)10-7-14-5-8-15(9-6-14)22(20,21)18-12-3-4-13-18/h1,5-6,8-9H,3-4,7,10-13H2,(H,17,19). The van der Waals surface area contributed by atoms with E-state index in [1.54, 1.807) is 24.3 Å². The molecule has 1 amide bonds. The summed E-state index contributed by atoms with van der Waals surface area (Å²) < 4.78 is 26.3. The number of aryl methyl sites for hydroxylation is 1. The highest BCUT2D eigenvalue weighted by Crippen LogP contribution is 2.21. The molecule has 0 saturated carbocycles. The summed E-state index contributed by atoms with van der Waals surface area (Å²) in [5.74, 6) is 2.24. The number of carbonyl (C=O) groups is 1. The lowest BCUT2D eigenvalue weighted by molar-refractivity contribution is -0.120. The molecule has 22 heavy (non-hydrogen) atoms. The van der Waals surface area contributed by atoms with Crippen LogP contribution < -0.4 is 5.32 Å². The molecule has 118 valence electrons. The Hall–Kier alpha value is -1.84. The monoisotopic (exact) mass is 320 g/mol. The molecule has 0 spiro atoms. The molecular weight excluding hydrogens is 300 g/mol. The van der Waals surface area contributed by atoms with E-state index in [9.17, 15) is 13.2 Å². The summed E-state index contributed by atoms with van der Waals surface area (Å²) in [4.78, 5) is 11.8. The van der Waals surface area contributed by atoms with Gasteiger partial charge in [-0.05, 0) is 37.0 Å². The van der Waals surface area contributed by atoms with Crippen LogP contribution in [0, 0.1) is 12.3 Å². The summed E-state index contributed by atoms with van der Waals surface area (Å²) in [6, 6.07) is 6.75. The first kappa shape index (κ1) is 16.5. The number of carbonyl (C=O) groups excluding carboxylic acids is 1. The summed E-state index contributed by atoms with van der Waals surface area (Å²) in [7, 11) is -3.37. The molecule has 1 aromatic carbocycles. The minimum atomic E-state index is -3.37. The number of hydrogen-bond acceptors (Lipinski definition) is 3. The zero-order valence-corrected chi connectivity index (χ0v) is 13.2. The maximum Gasteiger partial charge on any atom is 0.243 e. The minimum Gasteiger partial charge on any atom is -0.345 e. The molecule has 0 radical (unpaired) electrons. The highest BCUT2D eigenvalue weighted by molar-refractivity contribution is 7.89. The molecule has 1 aliphatic heterocycles. The number of nitrogens with one attached hydrogen (secondary N) is 1. The van der Waals surface area contributed by atoms with E-state index in [0.29, 0.717) is 30.8 Å². The number of rotatable bonds is 6. The predicted octanol–water partition coefficient (Wildman–Crippen LogP) is 1.15. The smallest absolute Gasteiger partial charge is 0.243 e. The van der Waals surface area contributed by atoms with Crippen LogP contribution in [0.2, 0.25) is 0 Å². The van der Waals surface area contributed by atoms with E-state index in [0.717, 1.165) is 18.4 Å². The van der Waals surface area contributed by atoms with Gasteiger partial charge in [0.15, 0.2) is 0 Å².